The summed E-state index contributed by atoms with van der Waals surface area (Å²) in [5.41, 5.74) is 4.01. The topological polar surface area (TPSA) is 149 Å². The molecular formula is C15H21N3O7. The zero-order valence-electron chi connectivity index (χ0n) is 13.9. The Bertz CT molecular complexity index is 778. The molecule has 2 rings (SSSR count). The summed E-state index contributed by atoms with van der Waals surface area (Å²) in [6.07, 6.45) is -2.40. The minimum atomic E-state index is -1.81. The van der Waals surface area contributed by atoms with E-state index >= 15 is 0 Å². The van der Waals surface area contributed by atoms with Gasteiger partial charge in [0.15, 0.2) is 6.23 Å². The van der Waals surface area contributed by atoms with E-state index in [0.717, 1.165) is 4.57 Å². The number of methoxy groups -OCH3 is 1. The predicted molar refractivity (Wildman–Crippen MR) is 85.6 cm³/mol. The lowest BCUT2D eigenvalue weighted by Crippen LogP contribution is -2.49. The number of hydrogen-bond donors (Lipinski definition) is 4. The van der Waals surface area contributed by atoms with Crippen molar-refractivity contribution in [3.63, 3.8) is 0 Å². The van der Waals surface area contributed by atoms with E-state index in [2.05, 4.69) is 16.8 Å². The number of hydrogen-bond acceptors (Lipinski definition) is 8. The van der Waals surface area contributed by atoms with Gasteiger partial charge in [-0.25, -0.2) is 4.79 Å². The molecule has 1 aliphatic rings. The molecule has 0 aromatic carbocycles. The van der Waals surface area contributed by atoms with E-state index in [4.69, 9.17) is 19.9 Å². The highest BCUT2D eigenvalue weighted by molar-refractivity contribution is 5.29. The van der Waals surface area contributed by atoms with Crippen molar-refractivity contribution in [2.75, 3.05) is 26.9 Å². The zero-order valence-corrected chi connectivity index (χ0v) is 13.9. The number of rotatable bonds is 6. The number of ether oxygens (including phenoxy) is 3. The standard InChI is InChI=1S/C15H21N3O7/c1-3-4-9-7-18(14(22)17-12(9)21)13-10(23-2)11(20)15(8-19,25-13)24-6-5-16/h7,10-11,13,19-20H,5-6,8,16H2,1-2H3,(H,17,21,22)/t10-,11+,13-,15-/m1/s1. The van der Waals surface area contributed by atoms with E-state index in [0.29, 0.717) is 0 Å². The molecule has 1 fully saturated rings. The van der Waals surface area contributed by atoms with Crippen molar-refractivity contribution in [2.24, 2.45) is 5.73 Å². The van der Waals surface area contributed by atoms with Gasteiger partial charge in [-0.2, -0.15) is 0 Å². The van der Waals surface area contributed by atoms with Crippen LogP contribution in [0, 0.1) is 11.8 Å². The summed E-state index contributed by atoms with van der Waals surface area (Å²) in [4.78, 5) is 26.1. The first-order valence-electron chi connectivity index (χ1n) is 7.56. The molecule has 4 atom stereocenters. The molecule has 5 N–H and O–H groups in total. The summed E-state index contributed by atoms with van der Waals surface area (Å²) in [6, 6.07) is 0. The number of aliphatic hydroxyl groups is 2. The SMILES string of the molecule is CC#Cc1cn([C@@H]2O[C@@](CO)(OCCN)[C@@H](O)[C@H]2OC)c(=O)[nH]c1=O. The number of H-pyrrole nitrogens is 1. The average Bonchev–Trinajstić information content (AvgIpc) is 2.88. The predicted octanol–water partition coefficient (Wildman–Crippen LogP) is -2.52. The van der Waals surface area contributed by atoms with Crippen molar-refractivity contribution in [3.05, 3.63) is 32.6 Å². The van der Waals surface area contributed by atoms with Crippen LogP contribution in [0.25, 0.3) is 0 Å². The van der Waals surface area contributed by atoms with Gasteiger partial charge in [-0.05, 0) is 6.92 Å². The van der Waals surface area contributed by atoms with Crippen LogP contribution in [0.15, 0.2) is 15.8 Å². The van der Waals surface area contributed by atoms with Crippen molar-refractivity contribution in [1.82, 2.24) is 9.55 Å². The average molecular weight is 355 g/mol. The molecule has 0 saturated carbocycles. The van der Waals surface area contributed by atoms with Gasteiger partial charge in [0.05, 0.1) is 6.61 Å². The Morgan fingerprint density at radius 1 is 1.52 bits per heavy atom. The Balaban J connectivity index is 2.50. The largest absolute Gasteiger partial charge is 0.391 e. The Hall–Kier alpha value is -2.00. The molecule has 0 aliphatic carbocycles. The quantitative estimate of drug-likeness (QED) is 0.408. The smallest absolute Gasteiger partial charge is 0.330 e. The van der Waals surface area contributed by atoms with Gasteiger partial charge in [-0.15, -0.1) is 5.92 Å². The fourth-order valence-electron chi connectivity index (χ4n) is 2.63. The third kappa shape index (κ3) is 3.52. The summed E-state index contributed by atoms with van der Waals surface area (Å²) >= 11 is 0. The second-order valence-electron chi connectivity index (χ2n) is 5.34. The highest BCUT2D eigenvalue weighted by Crippen LogP contribution is 2.38. The first-order chi connectivity index (χ1) is 11.9. The van der Waals surface area contributed by atoms with Crippen LogP contribution in [-0.2, 0) is 14.2 Å². The second kappa shape index (κ2) is 7.92. The normalized spacial score (nSPS) is 28.6. The van der Waals surface area contributed by atoms with Crippen molar-refractivity contribution in [3.8, 4) is 11.8 Å². The van der Waals surface area contributed by atoms with Crippen molar-refractivity contribution < 1.29 is 24.4 Å². The lowest BCUT2D eigenvalue weighted by atomic mass is 10.1. The van der Waals surface area contributed by atoms with Gasteiger partial charge in [-0.3, -0.25) is 14.3 Å². The highest BCUT2D eigenvalue weighted by Gasteiger charge is 2.57. The van der Waals surface area contributed by atoms with Crippen LogP contribution in [0.5, 0.6) is 0 Å². The third-order valence-corrected chi connectivity index (χ3v) is 3.82. The van der Waals surface area contributed by atoms with E-state index in [9.17, 15) is 19.8 Å². The van der Waals surface area contributed by atoms with Gasteiger partial charge in [0.2, 0.25) is 5.79 Å². The number of aliphatic hydroxyl groups excluding tert-OH is 2. The Kier molecular flexibility index (Phi) is 6.12. The monoisotopic (exact) mass is 355 g/mol. The molecule has 25 heavy (non-hydrogen) atoms. The molecule has 10 nitrogen and oxygen atoms in total. The van der Waals surface area contributed by atoms with Gasteiger partial charge in [0.1, 0.15) is 24.4 Å². The lowest BCUT2D eigenvalue weighted by Gasteiger charge is -2.29. The van der Waals surface area contributed by atoms with Crippen LogP contribution in [0.2, 0.25) is 0 Å². The molecule has 0 radical (unpaired) electrons. The maximum absolute atomic E-state index is 12.2. The molecular weight excluding hydrogens is 334 g/mol. The van der Waals surface area contributed by atoms with E-state index in [1.165, 1.54) is 13.3 Å². The highest BCUT2D eigenvalue weighted by atomic mass is 16.7. The van der Waals surface area contributed by atoms with Crippen molar-refractivity contribution in [1.29, 1.82) is 0 Å². The molecule has 0 spiro atoms. The molecule has 10 heteroatoms. The third-order valence-electron chi connectivity index (χ3n) is 3.82. The minimum Gasteiger partial charge on any atom is -0.391 e. The van der Waals surface area contributed by atoms with Crippen LogP contribution in [0.3, 0.4) is 0 Å². The molecule has 1 saturated heterocycles. The number of aromatic nitrogens is 2. The Morgan fingerprint density at radius 2 is 2.24 bits per heavy atom. The van der Waals surface area contributed by atoms with Crippen molar-refractivity contribution >= 4 is 0 Å². The summed E-state index contributed by atoms with van der Waals surface area (Å²) in [5, 5.41) is 20.2. The summed E-state index contributed by atoms with van der Waals surface area (Å²) in [7, 11) is 1.31. The van der Waals surface area contributed by atoms with Crippen LogP contribution in [0.1, 0.15) is 18.7 Å². The fourth-order valence-corrected chi connectivity index (χ4v) is 2.63. The fraction of sp³-hybridized carbons (Fsp3) is 0.600. The first kappa shape index (κ1) is 19.3. The zero-order chi connectivity index (χ0) is 18.6. The van der Waals surface area contributed by atoms with Crippen LogP contribution < -0.4 is 17.0 Å². The molecule has 0 amide bonds. The molecule has 1 aliphatic heterocycles. The van der Waals surface area contributed by atoms with E-state index in [1.807, 2.05) is 0 Å². The lowest BCUT2D eigenvalue weighted by molar-refractivity contribution is -0.280. The first-order valence-corrected chi connectivity index (χ1v) is 7.56. The molecule has 0 unspecified atom stereocenters. The molecule has 2 heterocycles. The van der Waals surface area contributed by atoms with Crippen LogP contribution in [0.4, 0.5) is 0 Å². The van der Waals surface area contributed by atoms with E-state index < -0.39 is 42.1 Å². The maximum atomic E-state index is 12.2. The Morgan fingerprint density at radius 3 is 2.80 bits per heavy atom. The number of aromatic amines is 1. The molecule has 138 valence electrons. The maximum Gasteiger partial charge on any atom is 0.330 e. The minimum absolute atomic E-state index is 0.00779. The molecule has 1 aromatic heterocycles. The number of nitrogens with two attached hydrogens (primary N) is 1. The summed E-state index contributed by atoms with van der Waals surface area (Å²) in [6.45, 7) is 0.993. The second-order valence-corrected chi connectivity index (χ2v) is 5.34. The van der Waals surface area contributed by atoms with Crippen LogP contribution >= 0.6 is 0 Å². The van der Waals surface area contributed by atoms with Gasteiger partial charge in [-0.1, -0.05) is 5.92 Å². The van der Waals surface area contributed by atoms with Gasteiger partial charge >= 0.3 is 5.69 Å². The number of nitrogens with one attached hydrogen (secondary N) is 1. The van der Waals surface area contributed by atoms with Crippen molar-refractivity contribution in [2.45, 2.75) is 31.1 Å². The molecule has 1 aromatic rings. The van der Waals surface area contributed by atoms with Gasteiger partial charge in [0.25, 0.3) is 5.56 Å². The van der Waals surface area contributed by atoms with E-state index in [-0.39, 0.29) is 18.7 Å². The Labute approximate surface area is 143 Å². The number of nitrogens with zero attached hydrogens (tertiary/aromatic N) is 1. The van der Waals surface area contributed by atoms with Gasteiger partial charge < -0.3 is 30.2 Å². The van der Waals surface area contributed by atoms with Crippen LogP contribution in [-0.4, -0.2) is 64.6 Å². The summed E-state index contributed by atoms with van der Waals surface area (Å²) < 4.78 is 17.3. The summed E-state index contributed by atoms with van der Waals surface area (Å²) in [5.74, 6) is 3.33. The molecule has 0 bridgehead atoms. The van der Waals surface area contributed by atoms with Gasteiger partial charge in [0, 0.05) is 19.9 Å². The van der Waals surface area contributed by atoms with E-state index in [1.54, 1.807) is 6.92 Å².